The molecule has 0 spiro atoms. The Bertz CT molecular complexity index is 535. The summed E-state index contributed by atoms with van der Waals surface area (Å²) in [5.41, 5.74) is -0.0976. The number of rotatable bonds is 2. The summed E-state index contributed by atoms with van der Waals surface area (Å²) in [5.74, 6) is 0.506. The highest BCUT2D eigenvalue weighted by Gasteiger charge is 2.47. The normalized spacial score (nSPS) is 20.4. The molecule has 3 rings (SSSR count). The largest absolute Gasteiger partial charge is 0.490 e. The number of carboxylic acid groups (broad SMARTS) is 1. The van der Waals surface area contributed by atoms with Crippen LogP contribution >= 0.6 is 15.9 Å². The number of hydrogen-bond acceptors (Lipinski definition) is 3. The molecule has 1 N–H and O–H groups in total. The molecule has 1 fully saturated rings. The molecular weight excluding hydrogens is 324 g/mol. The Labute approximate surface area is 126 Å². The highest BCUT2D eigenvalue weighted by atomic mass is 79.9. The first-order chi connectivity index (χ1) is 9.65. The van der Waals surface area contributed by atoms with Gasteiger partial charge in [-0.05, 0) is 25.0 Å². The third-order valence-corrected chi connectivity index (χ3v) is 4.87. The van der Waals surface area contributed by atoms with E-state index in [1.54, 1.807) is 0 Å². The molecule has 1 aliphatic heterocycles. The maximum Gasteiger partial charge on any atom is 0.314 e. The van der Waals surface area contributed by atoms with E-state index in [9.17, 15) is 9.90 Å². The molecule has 0 amide bonds. The number of carbonyl (C=O) groups is 1. The molecule has 0 aromatic heterocycles. The van der Waals surface area contributed by atoms with Gasteiger partial charge in [-0.3, -0.25) is 4.79 Å². The third-order valence-electron chi connectivity index (χ3n) is 4.21. The van der Waals surface area contributed by atoms with Crippen LogP contribution in [0.25, 0.3) is 0 Å². The maximum atomic E-state index is 11.9. The lowest BCUT2D eigenvalue weighted by Gasteiger charge is -2.28. The minimum absolute atomic E-state index is 0.562. The van der Waals surface area contributed by atoms with Crippen molar-refractivity contribution in [1.82, 2.24) is 0 Å². The Morgan fingerprint density at radius 2 is 1.85 bits per heavy atom. The lowest BCUT2D eigenvalue weighted by Crippen LogP contribution is -2.33. The van der Waals surface area contributed by atoms with Gasteiger partial charge in [-0.2, -0.15) is 0 Å². The van der Waals surface area contributed by atoms with Crippen molar-refractivity contribution >= 4 is 21.9 Å². The summed E-state index contributed by atoms with van der Waals surface area (Å²) in [4.78, 5) is 11.9. The van der Waals surface area contributed by atoms with Gasteiger partial charge >= 0.3 is 5.97 Å². The summed E-state index contributed by atoms with van der Waals surface area (Å²) >= 11 is 3.52. The van der Waals surface area contributed by atoms with Gasteiger partial charge in [0.1, 0.15) is 0 Å². The highest BCUT2D eigenvalue weighted by Crippen LogP contribution is 2.51. The van der Waals surface area contributed by atoms with Crippen LogP contribution in [0.15, 0.2) is 16.6 Å². The van der Waals surface area contributed by atoms with E-state index in [0.29, 0.717) is 37.6 Å². The summed E-state index contributed by atoms with van der Waals surface area (Å²) < 4.78 is 12.3. The molecule has 4 nitrogen and oxygen atoms in total. The fraction of sp³-hybridized carbons (Fsp3) is 0.533. The van der Waals surface area contributed by atoms with Crippen LogP contribution in [-0.2, 0) is 10.2 Å². The van der Waals surface area contributed by atoms with Gasteiger partial charge in [-0.1, -0.05) is 28.8 Å². The smallest absolute Gasteiger partial charge is 0.314 e. The van der Waals surface area contributed by atoms with Crippen LogP contribution in [0.3, 0.4) is 0 Å². The van der Waals surface area contributed by atoms with Gasteiger partial charge in [-0.15, -0.1) is 0 Å². The predicted octanol–water partition coefficient (Wildman–Crippen LogP) is 3.51. The van der Waals surface area contributed by atoms with Crippen molar-refractivity contribution in [2.75, 3.05) is 13.2 Å². The van der Waals surface area contributed by atoms with E-state index in [1.165, 1.54) is 0 Å². The van der Waals surface area contributed by atoms with Gasteiger partial charge in [0.2, 0.25) is 0 Å². The molecule has 0 radical (unpaired) electrons. The third kappa shape index (κ3) is 2.08. The zero-order valence-corrected chi connectivity index (χ0v) is 12.7. The first-order valence-corrected chi connectivity index (χ1v) is 7.76. The Morgan fingerprint density at radius 3 is 2.55 bits per heavy atom. The first-order valence-electron chi connectivity index (χ1n) is 6.97. The first kappa shape index (κ1) is 13.7. The van der Waals surface area contributed by atoms with Crippen molar-refractivity contribution in [3.8, 4) is 11.5 Å². The topological polar surface area (TPSA) is 55.8 Å². The van der Waals surface area contributed by atoms with Crippen LogP contribution < -0.4 is 9.47 Å². The van der Waals surface area contributed by atoms with Gasteiger partial charge in [0.25, 0.3) is 0 Å². The van der Waals surface area contributed by atoms with Crippen molar-refractivity contribution in [3.63, 3.8) is 0 Å². The van der Waals surface area contributed by atoms with Crippen LogP contribution in [0.1, 0.15) is 37.7 Å². The van der Waals surface area contributed by atoms with E-state index in [1.807, 2.05) is 12.1 Å². The summed E-state index contributed by atoms with van der Waals surface area (Å²) in [7, 11) is 0. The molecule has 1 aromatic carbocycles. The summed E-state index contributed by atoms with van der Waals surface area (Å²) in [6.07, 6.45) is 3.99. The number of fused-ring (bicyclic) bond motifs is 1. The number of hydrogen-bond donors (Lipinski definition) is 1. The van der Waals surface area contributed by atoms with Crippen molar-refractivity contribution in [2.45, 2.75) is 37.5 Å². The minimum Gasteiger partial charge on any atom is -0.490 e. The van der Waals surface area contributed by atoms with Crippen molar-refractivity contribution in [3.05, 3.63) is 22.2 Å². The van der Waals surface area contributed by atoms with E-state index in [0.717, 1.165) is 29.3 Å². The van der Waals surface area contributed by atoms with Gasteiger partial charge in [-0.25, -0.2) is 0 Å². The van der Waals surface area contributed by atoms with E-state index >= 15 is 0 Å². The molecule has 2 aliphatic rings. The molecule has 0 bridgehead atoms. The Balaban J connectivity index is 2.19. The fourth-order valence-corrected chi connectivity index (χ4v) is 3.90. The second-order valence-electron chi connectivity index (χ2n) is 5.39. The average molecular weight is 341 g/mol. The maximum absolute atomic E-state index is 11.9. The Kier molecular flexibility index (Phi) is 3.63. The van der Waals surface area contributed by atoms with Gasteiger partial charge in [0.15, 0.2) is 11.5 Å². The lowest BCUT2D eigenvalue weighted by molar-refractivity contribution is -0.143. The zero-order chi connectivity index (χ0) is 14.2. The molecule has 0 saturated heterocycles. The summed E-state index contributed by atoms with van der Waals surface area (Å²) in [6.45, 7) is 1.17. The monoisotopic (exact) mass is 340 g/mol. The quantitative estimate of drug-likeness (QED) is 0.894. The van der Waals surface area contributed by atoms with Crippen molar-refractivity contribution in [2.24, 2.45) is 0 Å². The standard InChI is InChI=1S/C15H17BrO4/c16-10-4-5-11-13(20-9-3-8-19-11)12(10)15(14(17)18)6-1-2-7-15/h4-5H,1-3,6-9H2,(H,17,18). The molecule has 0 unspecified atom stereocenters. The van der Waals surface area contributed by atoms with Crippen molar-refractivity contribution < 1.29 is 19.4 Å². The summed E-state index contributed by atoms with van der Waals surface area (Å²) in [5, 5.41) is 9.80. The number of benzene rings is 1. The van der Waals surface area contributed by atoms with Crippen LogP contribution in [0.2, 0.25) is 0 Å². The summed E-state index contributed by atoms with van der Waals surface area (Å²) in [6, 6.07) is 3.71. The van der Waals surface area contributed by atoms with Crippen LogP contribution in [0.4, 0.5) is 0 Å². The zero-order valence-electron chi connectivity index (χ0n) is 11.2. The molecule has 1 saturated carbocycles. The molecule has 20 heavy (non-hydrogen) atoms. The van der Waals surface area contributed by atoms with E-state index in [4.69, 9.17) is 9.47 Å². The molecule has 1 aliphatic carbocycles. The molecule has 5 heteroatoms. The van der Waals surface area contributed by atoms with Crippen LogP contribution in [0, 0.1) is 0 Å². The average Bonchev–Trinajstić information content (AvgIpc) is 2.79. The van der Waals surface area contributed by atoms with Gasteiger partial charge in [0.05, 0.1) is 18.6 Å². The SMILES string of the molecule is O=C(O)C1(c2c(Br)ccc3c2OCCCO3)CCCC1. The van der Waals surface area contributed by atoms with Crippen molar-refractivity contribution in [1.29, 1.82) is 0 Å². The molecule has 108 valence electrons. The second kappa shape index (κ2) is 5.28. The van der Waals surface area contributed by atoms with Crippen LogP contribution in [-0.4, -0.2) is 24.3 Å². The lowest BCUT2D eigenvalue weighted by atomic mass is 9.78. The Morgan fingerprint density at radius 1 is 1.15 bits per heavy atom. The molecule has 0 atom stereocenters. The van der Waals surface area contributed by atoms with Gasteiger partial charge < -0.3 is 14.6 Å². The second-order valence-corrected chi connectivity index (χ2v) is 6.25. The van der Waals surface area contributed by atoms with E-state index < -0.39 is 11.4 Å². The van der Waals surface area contributed by atoms with E-state index in [-0.39, 0.29) is 0 Å². The number of ether oxygens (including phenoxy) is 2. The molecule has 1 aromatic rings. The number of halogens is 1. The predicted molar refractivity (Wildman–Crippen MR) is 77.5 cm³/mol. The fourth-order valence-electron chi connectivity index (χ4n) is 3.21. The minimum atomic E-state index is -0.849. The highest BCUT2D eigenvalue weighted by molar-refractivity contribution is 9.10. The molecular formula is C15H17BrO4. The Hall–Kier alpha value is -1.23. The van der Waals surface area contributed by atoms with Gasteiger partial charge in [0, 0.05) is 16.5 Å². The number of carboxylic acids is 1. The van der Waals surface area contributed by atoms with Crippen LogP contribution in [0.5, 0.6) is 11.5 Å². The number of aliphatic carboxylic acids is 1. The van der Waals surface area contributed by atoms with E-state index in [2.05, 4.69) is 15.9 Å². The molecule has 1 heterocycles.